The summed E-state index contributed by atoms with van der Waals surface area (Å²) >= 11 is 0. The molecule has 58 heavy (non-hydrogen) atoms. The van der Waals surface area contributed by atoms with E-state index in [2.05, 4.69) is 38.2 Å². The van der Waals surface area contributed by atoms with Crippen LogP contribution in [-0.2, 0) is 14.3 Å². The highest BCUT2D eigenvalue weighted by Crippen LogP contribution is 2.18. The van der Waals surface area contributed by atoms with Crippen LogP contribution in [0.2, 0.25) is 0 Å². The first kappa shape index (κ1) is 56.6. The highest BCUT2D eigenvalue weighted by Gasteiger charge is 2.24. The maximum absolute atomic E-state index is 13.2. The Morgan fingerprint density at radius 1 is 0.483 bits per heavy atom. The van der Waals surface area contributed by atoms with Crippen LogP contribution < -0.4 is 5.32 Å². The number of hydrogen-bond donors (Lipinski definition) is 3. The molecule has 0 saturated carbocycles. The normalized spacial score (nSPS) is 13.3. The smallest absolute Gasteiger partial charge is 0.306 e. The summed E-state index contributed by atoms with van der Waals surface area (Å²) in [5, 5.41) is 23.8. The van der Waals surface area contributed by atoms with E-state index in [4.69, 9.17) is 4.74 Å². The molecular formula is C52H101NO5. The van der Waals surface area contributed by atoms with Gasteiger partial charge in [0.25, 0.3) is 0 Å². The van der Waals surface area contributed by atoms with Crippen molar-refractivity contribution in [3.05, 3.63) is 12.2 Å². The zero-order valence-electron chi connectivity index (χ0n) is 39.2. The number of aliphatic hydroxyl groups excluding tert-OH is 2. The molecule has 0 fully saturated rings. The highest BCUT2D eigenvalue weighted by molar-refractivity contribution is 5.77. The first-order chi connectivity index (χ1) is 28.5. The maximum atomic E-state index is 13.2. The van der Waals surface area contributed by atoms with Crippen LogP contribution in [0.4, 0.5) is 0 Å². The topological polar surface area (TPSA) is 95.9 Å². The second-order valence-corrected chi connectivity index (χ2v) is 17.9. The summed E-state index contributed by atoms with van der Waals surface area (Å²) in [6.07, 6.45) is 51.3. The number of allylic oxidation sites excluding steroid dienone is 2. The van der Waals surface area contributed by atoms with Crippen molar-refractivity contribution in [1.82, 2.24) is 5.32 Å². The van der Waals surface area contributed by atoms with Crippen molar-refractivity contribution >= 4 is 11.9 Å². The Kier molecular flexibility index (Phi) is 45.5. The van der Waals surface area contributed by atoms with Crippen LogP contribution in [-0.4, -0.2) is 46.9 Å². The molecule has 0 spiro atoms. The van der Waals surface area contributed by atoms with E-state index in [0.717, 1.165) is 51.4 Å². The van der Waals surface area contributed by atoms with Crippen molar-refractivity contribution in [1.29, 1.82) is 0 Å². The van der Waals surface area contributed by atoms with Gasteiger partial charge in [-0.15, -0.1) is 0 Å². The number of rotatable bonds is 47. The van der Waals surface area contributed by atoms with Crippen molar-refractivity contribution in [2.24, 2.45) is 0 Å². The molecular weight excluding hydrogens is 719 g/mol. The van der Waals surface area contributed by atoms with Crippen molar-refractivity contribution < 1.29 is 24.5 Å². The molecule has 6 nitrogen and oxygen atoms in total. The van der Waals surface area contributed by atoms with Crippen LogP contribution in [0.3, 0.4) is 0 Å². The van der Waals surface area contributed by atoms with E-state index < -0.39 is 18.2 Å². The minimum Gasteiger partial charge on any atom is -0.462 e. The Hall–Kier alpha value is -1.40. The molecule has 0 radical (unpaired) electrons. The number of unbranched alkanes of at least 4 members (excludes halogenated alkanes) is 33. The summed E-state index contributed by atoms with van der Waals surface area (Å²) in [5.74, 6) is -0.477. The van der Waals surface area contributed by atoms with Crippen molar-refractivity contribution in [3.63, 3.8) is 0 Å². The van der Waals surface area contributed by atoms with E-state index >= 15 is 0 Å². The first-order valence-electron chi connectivity index (χ1n) is 25.9. The molecule has 6 heteroatoms. The molecule has 0 rings (SSSR count). The maximum Gasteiger partial charge on any atom is 0.306 e. The molecule has 1 amide bonds. The number of amides is 1. The Morgan fingerprint density at radius 2 is 0.828 bits per heavy atom. The lowest BCUT2D eigenvalue weighted by Crippen LogP contribution is -2.46. The molecule has 0 saturated heterocycles. The van der Waals surface area contributed by atoms with Gasteiger partial charge in [-0.2, -0.15) is 0 Å². The Labute approximate surface area is 361 Å². The lowest BCUT2D eigenvalue weighted by molar-refractivity contribution is -0.151. The minimum atomic E-state index is -0.783. The molecule has 0 aromatic rings. The van der Waals surface area contributed by atoms with Gasteiger partial charge in [-0.3, -0.25) is 9.59 Å². The molecule has 3 N–H and O–H groups in total. The van der Waals surface area contributed by atoms with E-state index in [-0.39, 0.29) is 24.9 Å². The van der Waals surface area contributed by atoms with Crippen LogP contribution >= 0.6 is 0 Å². The van der Waals surface area contributed by atoms with E-state index in [1.54, 1.807) is 0 Å². The third-order valence-corrected chi connectivity index (χ3v) is 12.1. The lowest BCUT2D eigenvalue weighted by Gasteiger charge is -2.24. The van der Waals surface area contributed by atoms with Crippen molar-refractivity contribution in [3.8, 4) is 0 Å². The van der Waals surface area contributed by atoms with Gasteiger partial charge in [-0.1, -0.05) is 232 Å². The molecule has 0 heterocycles. The van der Waals surface area contributed by atoms with Gasteiger partial charge in [0.05, 0.1) is 25.2 Å². The predicted molar refractivity (Wildman–Crippen MR) is 250 cm³/mol. The average molecular weight is 820 g/mol. The standard InChI is InChI=1S/C52H101NO5/c1-4-7-10-13-16-19-22-24-26-29-32-35-38-41-44-50(55)49(47-54)53-51(56)46-48(43-40-37-34-31-28-21-18-15-12-9-6-3)58-52(57)45-42-39-36-33-30-27-25-23-20-17-14-11-8-5-2/h27,30,48-50,54-55H,4-26,28-29,31-47H2,1-3H3,(H,53,56)/b30-27-. The Bertz CT molecular complexity index is 878. The second-order valence-electron chi connectivity index (χ2n) is 17.9. The SMILES string of the molecule is CCCCCCCCC/C=C\CCCCCC(=O)OC(CCCCCCCCCCCCC)CC(=O)NC(CO)C(O)CCCCCCCCCCCCCCCC. The molecule has 0 bridgehead atoms. The number of carbonyl (C=O) groups excluding carboxylic acids is 2. The molecule has 0 aromatic carbocycles. The van der Waals surface area contributed by atoms with Crippen molar-refractivity contribution in [2.75, 3.05) is 6.61 Å². The molecule has 344 valence electrons. The zero-order chi connectivity index (χ0) is 42.4. The van der Waals surface area contributed by atoms with E-state index in [9.17, 15) is 19.8 Å². The fourth-order valence-electron chi connectivity index (χ4n) is 8.13. The number of aliphatic hydroxyl groups is 2. The number of esters is 1. The van der Waals surface area contributed by atoms with Gasteiger partial charge in [0.2, 0.25) is 5.91 Å². The molecule has 0 aliphatic carbocycles. The van der Waals surface area contributed by atoms with Gasteiger partial charge in [0.15, 0.2) is 0 Å². The number of ether oxygens (including phenoxy) is 1. The summed E-state index contributed by atoms with van der Waals surface area (Å²) < 4.78 is 5.92. The van der Waals surface area contributed by atoms with Gasteiger partial charge < -0.3 is 20.3 Å². The third kappa shape index (κ3) is 41.3. The van der Waals surface area contributed by atoms with Gasteiger partial charge in [0.1, 0.15) is 6.10 Å². The van der Waals surface area contributed by atoms with Gasteiger partial charge in [-0.05, 0) is 51.4 Å². The molecule has 0 aliphatic heterocycles. The van der Waals surface area contributed by atoms with Crippen molar-refractivity contribution in [2.45, 2.75) is 302 Å². The summed E-state index contributed by atoms with van der Waals surface area (Å²) in [7, 11) is 0. The van der Waals surface area contributed by atoms with Crippen LogP contribution in [0.15, 0.2) is 12.2 Å². The third-order valence-electron chi connectivity index (χ3n) is 12.1. The van der Waals surface area contributed by atoms with Crippen LogP contribution in [0.1, 0.15) is 284 Å². The summed E-state index contributed by atoms with van der Waals surface area (Å²) in [5.41, 5.74) is 0. The van der Waals surface area contributed by atoms with E-state index in [1.807, 2.05) is 0 Å². The largest absolute Gasteiger partial charge is 0.462 e. The molecule has 3 unspecified atom stereocenters. The molecule has 0 aromatic heterocycles. The Morgan fingerprint density at radius 3 is 1.22 bits per heavy atom. The molecule has 3 atom stereocenters. The summed E-state index contributed by atoms with van der Waals surface area (Å²) in [6.45, 7) is 6.49. The minimum absolute atomic E-state index is 0.0785. The van der Waals surface area contributed by atoms with Crippen LogP contribution in [0.25, 0.3) is 0 Å². The Balaban J connectivity index is 4.51. The fourth-order valence-corrected chi connectivity index (χ4v) is 8.13. The summed E-state index contributed by atoms with van der Waals surface area (Å²) in [6, 6.07) is -0.697. The quantitative estimate of drug-likeness (QED) is 0.0323. The number of carbonyl (C=O) groups is 2. The lowest BCUT2D eigenvalue weighted by atomic mass is 10.0. The van der Waals surface area contributed by atoms with Crippen LogP contribution in [0.5, 0.6) is 0 Å². The van der Waals surface area contributed by atoms with E-state index in [0.29, 0.717) is 19.3 Å². The van der Waals surface area contributed by atoms with Crippen LogP contribution in [0, 0.1) is 0 Å². The number of hydrogen-bond acceptors (Lipinski definition) is 5. The molecule has 0 aliphatic rings. The summed E-state index contributed by atoms with van der Waals surface area (Å²) in [4.78, 5) is 26.1. The highest BCUT2D eigenvalue weighted by atomic mass is 16.5. The fraction of sp³-hybridized carbons (Fsp3) is 0.923. The zero-order valence-corrected chi connectivity index (χ0v) is 39.2. The van der Waals surface area contributed by atoms with Gasteiger partial charge >= 0.3 is 5.97 Å². The van der Waals surface area contributed by atoms with Gasteiger partial charge in [-0.25, -0.2) is 0 Å². The number of nitrogens with one attached hydrogen (secondary N) is 1. The second kappa shape index (κ2) is 46.7. The van der Waals surface area contributed by atoms with E-state index in [1.165, 1.54) is 186 Å². The van der Waals surface area contributed by atoms with Gasteiger partial charge in [0, 0.05) is 6.42 Å². The predicted octanol–water partition coefficient (Wildman–Crippen LogP) is 15.3. The average Bonchev–Trinajstić information content (AvgIpc) is 3.22. The monoisotopic (exact) mass is 820 g/mol. The first-order valence-corrected chi connectivity index (χ1v) is 25.9.